The van der Waals surface area contributed by atoms with E-state index in [1.54, 1.807) is 7.11 Å². The summed E-state index contributed by atoms with van der Waals surface area (Å²) < 4.78 is 10.4. The molecule has 1 rings (SSSR count). The van der Waals surface area contributed by atoms with Crippen LogP contribution in [-0.4, -0.2) is 64.6 Å². The first-order valence-electron chi connectivity index (χ1n) is 6.36. The van der Waals surface area contributed by atoms with Crippen LogP contribution in [0.15, 0.2) is 0 Å². The van der Waals surface area contributed by atoms with Gasteiger partial charge < -0.3 is 19.7 Å². The standard InChI is InChI=1S/C12H26N2O2/c1-3-13-10-12-4-5-14(11-12)6-7-16-9-8-15-2/h12-13H,3-11H2,1-2H3. The minimum Gasteiger partial charge on any atom is -0.382 e. The third-order valence-electron chi connectivity index (χ3n) is 3.04. The highest BCUT2D eigenvalue weighted by Crippen LogP contribution is 2.14. The lowest BCUT2D eigenvalue weighted by Crippen LogP contribution is -2.28. The van der Waals surface area contributed by atoms with E-state index < -0.39 is 0 Å². The van der Waals surface area contributed by atoms with E-state index in [1.807, 2.05) is 0 Å². The Morgan fingerprint density at radius 1 is 1.31 bits per heavy atom. The number of likely N-dealkylation sites (tertiary alicyclic amines) is 1. The first-order chi connectivity index (χ1) is 7.86. The second kappa shape index (κ2) is 8.93. The Labute approximate surface area is 99.3 Å². The third kappa shape index (κ3) is 5.80. The van der Waals surface area contributed by atoms with Crippen molar-refractivity contribution >= 4 is 0 Å². The number of methoxy groups -OCH3 is 1. The van der Waals surface area contributed by atoms with Gasteiger partial charge in [0, 0.05) is 20.2 Å². The van der Waals surface area contributed by atoms with Gasteiger partial charge in [0.05, 0.1) is 19.8 Å². The third-order valence-corrected chi connectivity index (χ3v) is 3.04. The Morgan fingerprint density at radius 2 is 2.19 bits per heavy atom. The summed E-state index contributed by atoms with van der Waals surface area (Å²) in [4.78, 5) is 2.49. The quantitative estimate of drug-likeness (QED) is 0.588. The van der Waals surface area contributed by atoms with E-state index in [9.17, 15) is 0 Å². The molecule has 1 aliphatic rings. The molecular weight excluding hydrogens is 204 g/mol. The van der Waals surface area contributed by atoms with Gasteiger partial charge in [0.15, 0.2) is 0 Å². The normalized spacial score (nSPS) is 21.8. The summed E-state index contributed by atoms with van der Waals surface area (Å²) >= 11 is 0. The zero-order valence-corrected chi connectivity index (χ0v) is 10.7. The number of nitrogens with one attached hydrogen (secondary N) is 1. The minimum absolute atomic E-state index is 0.697. The van der Waals surface area contributed by atoms with Crippen molar-refractivity contribution < 1.29 is 9.47 Å². The van der Waals surface area contributed by atoms with Crippen molar-refractivity contribution in [3.63, 3.8) is 0 Å². The van der Waals surface area contributed by atoms with Gasteiger partial charge in [-0.2, -0.15) is 0 Å². The molecule has 4 nitrogen and oxygen atoms in total. The summed E-state index contributed by atoms with van der Waals surface area (Å²) in [6, 6.07) is 0. The average molecular weight is 230 g/mol. The van der Waals surface area contributed by atoms with Crippen molar-refractivity contribution in [2.24, 2.45) is 5.92 Å². The predicted molar refractivity (Wildman–Crippen MR) is 65.8 cm³/mol. The van der Waals surface area contributed by atoms with Crippen LogP contribution in [0.1, 0.15) is 13.3 Å². The molecule has 0 radical (unpaired) electrons. The Kier molecular flexibility index (Phi) is 7.76. The van der Waals surface area contributed by atoms with E-state index in [4.69, 9.17) is 9.47 Å². The van der Waals surface area contributed by atoms with E-state index >= 15 is 0 Å². The van der Waals surface area contributed by atoms with Gasteiger partial charge >= 0.3 is 0 Å². The molecule has 0 spiro atoms. The second-order valence-electron chi connectivity index (χ2n) is 4.37. The molecule has 0 amide bonds. The van der Waals surface area contributed by atoms with Crippen LogP contribution in [0.25, 0.3) is 0 Å². The van der Waals surface area contributed by atoms with Crippen LogP contribution in [0.2, 0.25) is 0 Å². The van der Waals surface area contributed by atoms with Gasteiger partial charge in [-0.3, -0.25) is 0 Å². The molecular formula is C12H26N2O2. The van der Waals surface area contributed by atoms with Crippen LogP contribution in [0.3, 0.4) is 0 Å². The van der Waals surface area contributed by atoms with Crippen molar-refractivity contribution in [1.82, 2.24) is 10.2 Å². The van der Waals surface area contributed by atoms with Crippen LogP contribution in [0.5, 0.6) is 0 Å². The van der Waals surface area contributed by atoms with Gasteiger partial charge in [-0.05, 0) is 32.0 Å². The van der Waals surface area contributed by atoms with Crippen molar-refractivity contribution in [2.75, 3.05) is 59.7 Å². The minimum atomic E-state index is 0.697. The van der Waals surface area contributed by atoms with Crippen LogP contribution >= 0.6 is 0 Å². The fourth-order valence-electron chi connectivity index (χ4n) is 2.07. The van der Waals surface area contributed by atoms with Crippen LogP contribution in [0, 0.1) is 5.92 Å². The number of nitrogens with zero attached hydrogens (tertiary/aromatic N) is 1. The molecule has 0 aliphatic carbocycles. The summed E-state index contributed by atoms with van der Waals surface area (Å²) in [6.45, 7) is 10.2. The molecule has 1 aliphatic heterocycles. The molecule has 4 heteroatoms. The SMILES string of the molecule is CCNCC1CCN(CCOCCOC)C1. The van der Waals surface area contributed by atoms with Crippen molar-refractivity contribution in [2.45, 2.75) is 13.3 Å². The lowest BCUT2D eigenvalue weighted by molar-refractivity contribution is 0.0599. The average Bonchev–Trinajstić information content (AvgIpc) is 2.74. The van der Waals surface area contributed by atoms with Crippen molar-refractivity contribution in [3.8, 4) is 0 Å². The van der Waals surface area contributed by atoms with Crippen LogP contribution in [0.4, 0.5) is 0 Å². The zero-order valence-electron chi connectivity index (χ0n) is 10.7. The molecule has 16 heavy (non-hydrogen) atoms. The highest BCUT2D eigenvalue weighted by atomic mass is 16.5. The summed E-state index contributed by atoms with van der Waals surface area (Å²) in [5.41, 5.74) is 0. The summed E-state index contributed by atoms with van der Waals surface area (Å²) in [5.74, 6) is 0.832. The number of hydrogen-bond acceptors (Lipinski definition) is 4. The van der Waals surface area contributed by atoms with E-state index in [0.717, 1.165) is 32.2 Å². The topological polar surface area (TPSA) is 33.7 Å². The fraction of sp³-hybridized carbons (Fsp3) is 1.00. The van der Waals surface area contributed by atoms with E-state index in [1.165, 1.54) is 19.5 Å². The van der Waals surface area contributed by atoms with Gasteiger partial charge in [-0.15, -0.1) is 0 Å². The summed E-state index contributed by atoms with van der Waals surface area (Å²) in [7, 11) is 1.70. The van der Waals surface area contributed by atoms with Gasteiger partial charge in [-0.25, -0.2) is 0 Å². The predicted octanol–water partition coefficient (Wildman–Crippen LogP) is 0.581. The van der Waals surface area contributed by atoms with E-state index in [0.29, 0.717) is 13.2 Å². The molecule has 96 valence electrons. The van der Waals surface area contributed by atoms with Gasteiger partial charge in [-0.1, -0.05) is 6.92 Å². The summed E-state index contributed by atoms with van der Waals surface area (Å²) in [6.07, 6.45) is 1.32. The Morgan fingerprint density at radius 3 is 2.94 bits per heavy atom. The van der Waals surface area contributed by atoms with Gasteiger partial charge in [0.2, 0.25) is 0 Å². The molecule has 0 aromatic rings. The maximum atomic E-state index is 5.47. The fourth-order valence-corrected chi connectivity index (χ4v) is 2.07. The molecule has 1 fully saturated rings. The monoisotopic (exact) mass is 230 g/mol. The molecule has 1 atom stereocenters. The lowest BCUT2D eigenvalue weighted by atomic mass is 10.1. The number of hydrogen-bond donors (Lipinski definition) is 1. The first kappa shape index (κ1) is 13.9. The molecule has 1 N–H and O–H groups in total. The molecule has 0 aromatic heterocycles. The van der Waals surface area contributed by atoms with Gasteiger partial charge in [0.1, 0.15) is 0 Å². The Balaban J connectivity index is 1.94. The highest BCUT2D eigenvalue weighted by molar-refractivity contribution is 4.76. The van der Waals surface area contributed by atoms with E-state index in [-0.39, 0.29) is 0 Å². The molecule has 0 aromatic carbocycles. The Hall–Kier alpha value is -0.160. The smallest absolute Gasteiger partial charge is 0.0700 e. The molecule has 1 saturated heterocycles. The Bertz CT molecular complexity index is 167. The molecule has 1 unspecified atom stereocenters. The summed E-state index contributed by atoms with van der Waals surface area (Å²) in [5, 5.41) is 3.42. The molecule has 0 saturated carbocycles. The van der Waals surface area contributed by atoms with Crippen LogP contribution in [-0.2, 0) is 9.47 Å². The maximum Gasteiger partial charge on any atom is 0.0700 e. The number of ether oxygens (including phenoxy) is 2. The van der Waals surface area contributed by atoms with Crippen LogP contribution < -0.4 is 5.32 Å². The van der Waals surface area contributed by atoms with Crippen molar-refractivity contribution in [1.29, 1.82) is 0 Å². The number of rotatable bonds is 9. The van der Waals surface area contributed by atoms with Gasteiger partial charge in [0.25, 0.3) is 0 Å². The molecule has 0 bridgehead atoms. The van der Waals surface area contributed by atoms with Crippen molar-refractivity contribution in [3.05, 3.63) is 0 Å². The first-order valence-corrected chi connectivity index (χ1v) is 6.36. The zero-order chi connectivity index (χ0) is 11.6. The molecule has 1 heterocycles. The lowest BCUT2D eigenvalue weighted by Gasteiger charge is -2.16. The maximum absolute atomic E-state index is 5.47. The highest BCUT2D eigenvalue weighted by Gasteiger charge is 2.21. The second-order valence-corrected chi connectivity index (χ2v) is 4.37. The largest absolute Gasteiger partial charge is 0.382 e. The van der Waals surface area contributed by atoms with E-state index in [2.05, 4.69) is 17.1 Å².